The smallest absolute Gasteiger partial charge is 0.226 e. The molecular weight excluding hydrogens is 604 g/mol. The van der Waals surface area contributed by atoms with Crippen LogP contribution in [0.5, 0.6) is 5.75 Å². The van der Waals surface area contributed by atoms with E-state index in [-0.39, 0.29) is 60.1 Å². The second-order valence-electron chi connectivity index (χ2n) is 13.6. The molecule has 0 radical (unpaired) electrons. The molecule has 3 fully saturated rings. The van der Waals surface area contributed by atoms with Crippen molar-refractivity contribution < 1.29 is 29.1 Å². The summed E-state index contributed by atoms with van der Waals surface area (Å²) in [4.78, 5) is 64.8. The van der Waals surface area contributed by atoms with Crippen LogP contribution in [0.2, 0.25) is 0 Å². The summed E-state index contributed by atoms with van der Waals surface area (Å²) in [5.41, 5.74) is 6.24. The van der Waals surface area contributed by atoms with Crippen molar-refractivity contribution in [1.82, 2.24) is 37.2 Å². The molecule has 0 aromatic heterocycles. The molecule has 2 saturated heterocycles. The van der Waals surface area contributed by atoms with Gasteiger partial charge in [-0.05, 0) is 49.9 Å². The van der Waals surface area contributed by atoms with Gasteiger partial charge in [0.05, 0.1) is 29.8 Å². The molecule has 6 unspecified atom stereocenters. The minimum atomic E-state index is -0.554. The number of primary amides is 1. The third kappa shape index (κ3) is 10.1. The molecule has 3 aliphatic rings. The highest BCUT2D eigenvalue weighted by Crippen LogP contribution is 2.26. The van der Waals surface area contributed by atoms with Crippen LogP contribution in [0.25, 0.3) is 0 Å². The fraction of sp³-hybridized carbons (Fsp3) is 0.667. The van der Waals surface area contributed by atoms with Crippen molar-refractivity contribution in [2.24, 2.45) is 29.4 Å². The second-order valence-corrected chi connectivity index (χ2v) is 13.6. The predicted octanol–water partition coefficient (Wildman–Crippen LogP) is -1.38. The fourth-order valence-electron chi connectivity index (χ4n) is 6.97. The highest BCUT2D eigenvalue weighted by Gasteiger charge is 2.40. The number of nitrogens with one attached hydrogen (secondary N) is 7. The summed E-state index contributed by atoms with van der Waals surface area (Å²) < 4.78 is 0. The van der Waals surface area contributed by atoms with Gasteiger partial charge in [0.1, 0.15) is 5.75 Å². The SMILES string of the molecule is CNC1CCCC1C(=O)N[C@H](CC(=O)NC1CNCC1C(=O)NC1CNCC1C(=O)N[C@H](CC(N)=O)C(C)C)Cc1ccc(O)cc1. The number of carbonyl (C=O) groups is 5. The number of amides is 5. The Morgan fingerprint density at radius 3 is 2.04 bits per heavy atom. The number of nitrogens with two attached hydrogens (primary N) is 1. The number of benzene rings is 1. The zero-order chi connectivity index (χ0) is 34.1. The van der Waals surface area contributed by atoms with Crippen LogP contribution in [-0.4, -0.2) is 98.1 Å². The molecule has 0 bridgehead atoms. The maximum absolute atomic E-state index is 13.5. The zero-order valence-electron chi connectivity index (χ0n) is 27.6. The lowest BCUT2D eigenvalue weighted by molar-refractivity contribution is -0.129. The van der Waals surface area contributed by atoms with E-state index in [0.717, 1.165) is 24.8 Å². The number of rotatable bonds is 15. The van der Waals surface area contributed by atoms with Crippen LogP contribution in [0.3, 0.4) is 0 Å². The van der Waals surface area contributed by atoms with E-state index in [2.05, 4.69) is 37.2 Å². The third-order valence-electron chi connectivity index (χ3n) is 9.75. The van der Waals surface area contributed by atoms with E-state index in [0.29, 0.717) is 32.6 Å². The second kappa shape index (κ2) is 16.9. The summed E-state index contributed by atoms with van der Waals surface area (Å²) in [5, 5.41) is 31.3. The predicted molar refractivity (Wildman–Crippen MR) is 176 cm³/mol. The van der Waals surface area contributed by atoms with Crippen molar-refractivity contribution in [3.63, 3.8) is 0 Å². The lowest BCUT2D eigenvalue weighted by atomic mass is 9.96. The maximum atomic E-state index is 13.5. The Hall–Kier alpha value is -3.75. The van der Waals surface area contributed by atoms with Gasteiger partial charge in [-0.2, -0.15) is 0 Å². The van der Waals surface area contributed by atoms with Gasteiger partial charge in [0, 0.05) is 57.1 Å². The first kappa shape index (κ1) is 36.1. The van der Waals surface area contributed by atoms with Crippen molar-refractivity contribution in [3.05, 3.63) is 29.8 Å². The Morgan fingerprint density at radius 2 is 1.43 bits per heavy atom. The average Bonchev–Trinajstić information content (AvgIpc) is 3.79. The molecule has 4 rings (SSSR count). The van der Waals surface area contributed by atoms with Crippen molar-refractivity contribution in [2.75, 3.05) is 33.2 Å². The Balaban J connectivity index is 1.35. The molecule has 1 aromatic rings. The lowest BCUT2D eigenvalue weighted by Gasteiger charge is -2.27. The number of phenolic OH excluding ortho intramolecular Hbond substituents is 1. The highest BCUT2D eigenvalue weighted by molar-refractivity contribution is 5.86. The van der Waals surface area contributed by atoms with Crippen LogP contribution in [0.1, 0.15) is 51.5 Å². The van der Waals surface area contributed by atoms with Gasteiger partial charge in [-0.1, -0.05) is 32.4 Å². The number of hydrogen-bond acceptors (Lipinski definition) is 9. The van der Waals surface area contributed by atoms with Gasteiger partial charge in [-0.15, -0.1) is 0 Å². The fourth-order valence-corrected chi connectivity index (χ4v) is 6.97. The molecular formula is C33H52N8O6. The van der Waals surface area contributed by atoms with Gasteiger partial charge >= 0.3 is 0 Å². The van der Waals surface area contributed by atoms with Crippen molar-refractivity contribution in [3.8, 4) is 5.75 Å². The van der Waals surface area contributed by atoms with Crippen molar-refractivity contribution >= 4 is 29.5 Å². The maximum Gasteiger partial charge on any atom is 0.226 e. The number of phenols is 1. The summed E-state index contributed by atoms with van der Waals surface area (Å²) in [6.45, 7) is 5.37. The molecule has 1 aliphatic carbocycles. The summed E-state index contributed by atoms with van der Waals surface area (Å²) in [6.07, 6.45) is 3.12. The standard InChI is InChI=1S/C33H52N8O6/c1-18(2)26(13-29(34)43)40-32(46)24-15-37-17-28(24)41-33(47)23-14-36-16-27(23)39-30(44)12-20(11-19-7-9-21(42)10-8-19)38-31(45)22-5-4-6-25(22)35-3/h7-10,18,20,22-28,35-37,42H,4-6,11-17H2,1-3H3,(H2,34,43)(H,38,45)(H,39,44)(H,40,46)(H,41,47)/t20-,22?,23?,24?,25?,26+,27?,28?/m0/s1. The normalized spacial score (nSPS) is 26.8. The number of hydrogen-bond donors (Lipinski definition) is 9. The summed E-state index contributed by atoms with van der Waals surface area (Å²) in [5.74, 6) is -2.50. The molecule has 0 spiro atoms. The molecule has 5 amide bonds. The van der Waals surface area contributed by atoms with E-state index in [1.54, 1.807) is 24.3 Å². The first-order chi connectivity index (χ1) is 22.4. The lowest BCUT2D eigenvalue weighted by Crippen LogP contribution is -2.53. The molecule has 260 valence electrons. The average molecular weight is 657 g/mol. The molecule has 10 N–H and O–H groups in total. The minimum Gasteiger partial charge on any atom is -0.508 e. The molecule has 47 heavy (non-hydrogen) atoms. The molecule has 14 nitrogen and oxygen atoms in total. The Morgan fingerprint density at radius 1 is 0.809 bits per heavy atom. The number of aromatic hydroxyl groups is 1. The van der Waals surface area contributed by atoms with Crippen LogP contribution in [0.15, 0.2) is 24.3 Å². The summed E-state index contributed by atoms with van der Waals surface area (Å²) in [7, 11) is 1.85. The van der Waals surface area contributed by atoms with Crippen molar-refractivity contribution in [1.29, 1.82) is 0 Å². The zero-order valence-corrected chi connectivity index (χ0v) is 27.6. The molecule has 2 heterocycles. The van der Waals surface area contributed by atoms with Crippen LogP contribution in [-0.2, 0) is 30.4 Å². The number of carbonyl (C=O) groups excluding carboxylic acids is 5. The van der Waals surface area contributed by atoms with Crippen LogP contribution >= 0.6 is 0 Å². The van der Waals surface area contributed by atoms with Gasteiger partial charge in [0.15, 0.2) is 0 Å². The van der Waals surface area contributed by atoms with Crippen molar-refractivity contribution in [2.45, 2.75) is 82.6 Å². The van der Waals surface area contributed by atoms with Crippen LogP contribution < -0.4 is 43.0 Å². The molecule has 8 atom stereocenters. The Bertz CT molecular complexity index is 1260. The Kier molecular flexibility index (Phi) is 13.0. The van der Waals surface area contributed by atoms with Gasteiger partial charge in [0.2, 0.25) is 29.5 Å². The van der Waals surface area contributed by atoms with Gasteiger partial charge < -0.3 is 48.1 Å². The topological polar surface area (TPSA) is 216 Å². The van der Waals surface area contributed by atoms with E-state index in [4.69, 9.17) is 5.73 Å². The van der Waals surface area contributed by atoms with Gasteiger partial charge in [-0.3, -0.25) is 24.0 Å². The van der Waals surface area contributed by atoms with E-state index in [9.17, 15) is 29.1 Å². The third-order valence-corrected chi connectivity index (χ3v) is 9.75. The van der Waals surface area contributed by atoms with E-state index in [1.807, 2.05) is 20.9 Å². The van der Waals surface area contributed by atoms with E-state index >= 15 is 0 Å². The summed E-state index contributed by atoms with van der Waals surface area (Å²) >= 11 is 0. The first-order valence-corrected chi connectivity index (χ1v) is 16.8. The van der Waals surface area contributed by atoms with Gasteiger partial charge in [0.25, 0.3) is 0 Å². The molecule has 1 aromatic carbocycles. The van der Waals surface area contributed by atoms with Crippen LogP contribution in [0, 0.1) is 23.7 Å². The minimum absolute atomic E-state index is 0.00442. The van der Waals surface area contributed by atoms with E-state index < -0.39 is 41.9 Å². The van der Waals surface area contributed by atoms with E-state index in [1.165, 1.54) is 0 Å². The monoisotopic (exact) mass is 656 g/mol. The van der Waals surface area contributed by atoms with Crippen LogP contribution in [0.4, 0.5) is 0 Å². The highest BCUT2D eigenvalue weighted by atomic mass is 16.3. The summed E-state index contributed by atoms with van der Waals surface area (Å²) in [6, 6.07) is 4.97. The van der Waals surface area contributed by atoms with Gasteiger partial charge in [-0.25, -0.2) is 0 Å². The molecule has 14 heteroatoms. The molecule has 2 aliphatic heterocycles. The first-order valence-electron chi connectivity index (χ1n) is 16.8. The quantitative estimate of drug-likeness (QED) is 0.109. The largest absolute Gasteiger partial charge is 0.508 e. The molecule has 1 saturated carbocycles. The Labute approximate surface area is 276 Å².